The molecule has 3 aromatic carbocycles. The minimum atomic E-state index is -1.05. The van der Waals surface area contributed by atoms with Gasteiger partial charge in [0.05, 0.1) is 23.4 Å². The third-order valence-corrected chi connectivity index (χ3v) is 5.55. The number of carbonyl (C=O) groups excluding carboxylic acids is 3. The number of esters is 1. The van der Waals surface area contributed by atoms with Gasteiger partial charge in [0.2, 0.25) is 0 Å². The SMILES string of the molecule is CCOC(=O)C(Cc1ccc(N=Cc2ccc(Cl)cc2)cc1)N1C(=O)c2ccccc2C1=O. The van der Waals surface area contributed by atoms with Gasteiger partial charge < -0.3 is 4.74 Å². The summed E-state index contributed by atoms with van der Waals surface area (Å²) < 4.78 is 5.19. The van der Waals surface area contributed by atoms with Crippen LogP contribution in [0, 0.1) is 0 Å². The van der Waals surface area contributed by atoms with E-state index in [1.165, 1.54) is 0 Å². The molecule has 1 heterocycles. The summed E-state index contributed by atoms with van der Waals surface area (Å²) in [4.78, 5) is 44.0. The predicted octanol–water partition coefficient (Wildman–Crippen LogP) is 4.86. The summed E-state index contributed by atoms with van der Waals surface area (Å²) in [5.74, 6) is -1.59. The van der Waals surface area contributed by atoms with E-state index in [1.54, 1.807) is 49.5 Å². The fourth-order valence-corrected chi connectivity index (χ4v) is 3.77. The summed E-state index contributed by atoms with van der Waals surface area (Å²) in [5, 5.41) is 0.658. The number of hydrogen-bond acceptors (Lipinski definition) is 5. The summed E-state index contributed by atoms with van der Waals surface area (Å²) in [6.45, 7) is 1.83. The van der Waals surface area contributed by atoms with E-state index < -0.39 is 23.8 Å². The van der Waals surface area contributed by atoms with Crippen molar-refractivity contribution >= 4 is 41.3 Å². The monoisotopic (exact) mass is 460 g/mol. The highest BCUT2D eigenvalue weighted by molar-refractivity contribution is 6.30. The lowest BCUT2D eigenvalue weighted by Crippen LogP contribution is -2.47. The maximum atomic E-state index is 12.9. The smallest absolute Gasteiger partial charge is 0.329 e. The van der Waals surface area contributed by atoms with Gasteiger partial charge in [-0.15, -0.1) is 0 Å². The predicted molar refractivity (Wildman–Crippen MR) is 126 cm³/mol. The maximum Gasteiger partial charge on any atom is 0.329 e. The van der Waals surface area contributed by atoms with E-state index in [0.29, 0.717) is 16.1 Å². The molecule has 0 aliphatic carbocycles. The molecule has 1 aliphatic heterocycles. The van der Waals surface area contributed by atoms with Crippen molar-refractivity contribution in [3.63, 3.8) is 0 Å². The number of amides is 2. The molecule has 0 radical (unpaired) electrons. The van der Waals surface area contributed by atoms with Crippen LogP contribution in [0.4, 0.5) is 5.69 Å². The van der Waals surface area contributed by atoms with Gasteiger partial charge in [0.25, 0.3) is 11.8 Å². The summed E-state index contributed by atoms with van der Waals surface area (Å²) in [6, 6.07) is 20.1. The molecule has 3 aromatic rings. The Kier molecular flexibility index (Phi) is 6.66. The second kappa shape index (κ2) is 9.79. The first-order chi connectivity index (χ1) is 16.0. The molecule has 0 saturated heterocycles. The molecule has 6 nitrogen and oxygen atoms in total. The van der Waals surface area contributed by atoms with Crippen LogP contribution in [0.15, 0.2) is 77.8 Å². The third-order valence-electron chi connectivity index (χ3n) is 5.29. The molecule has 0 spiro atoms. The topological polar surface area (TPSA) is 76.0 Å². The van der Waals surface area contributed by atoms with Crippen LogP contribution < -0.4 is 0 Å². The second-order valence-electron chi connectivity index (χ2n) is 7.47. The number of aliphatic imine (C=N–C) groups is 1. The maximum absolute atomic E-state index is 12.9. The summed E-state index contributed by atoms with van der Waals surface area (Å²) in [6.07, 6.45) is 1.87. The molecule has 1 unspecified atom stereocenters. The van der Waals surface area contributed by atoms with Gasteiger partial charge in [0, 0.05) is 17.7 Å². The number of nitrogens with zero attached hydrogens (tertiary/aromatic N) is 2. The van der Waals surface area contributed by atoms with Crippen molar-refractivity contribution in [2.45, 2.75) is 19.4 Å². The molecule has 166 valence electrons. The van der Waals surface area contributed by atoms with E-state index in [4.69, 9.17) is 16.3 Å². The third kappa shape index (κ3) is 4.86. The van der Waals surface area contributed by atoms with Gasteiger partial charge in [0.15, 0.2) is 0 Å². The first kappa shape index (κ1) is 22.4. The molecule has 2 amide bonds. The molecule has 0 fully saturated rings. The molecule has 0 aromatic heterocycles. The average Bonchev–Trinajstić information content (AvgIpc) is 3.08. The molecule has 0 bridgehead atoms. The highest BCUT2D eigenvalue weighted by atomic mass is 35.5. The van der Waals surface area contributed by atoms with E-state index in [-0.39, 0.29) is 13.0 Å². The number of halogens is 1. The van der Waals surface area contributed by atoms with Crippen LogP contribution in [0.5, 0.6) is 0 Å². The van der Waals surface area contributed by atoms with Gasteiger partial charge in [-0.05, 0) is 54.4 Å². The van der Waals surface area contributed by atoms with Gasteiger partial charge >= 0.3 is 5.97 Å². The number of fused-ring (bicyclic) bond motifs is 1. The van der Waals surface area contributed by atoms with E-state index in [1.807, 2.05) is 36.4 Å². The zero-order valence-electron chi connectivity index (χ0n) is 17.9. The van der Waals surface area contributed by atoms with Gasteiger partial charge in [-0.3, -0.25) is 19.5 Å². The zero-order valence-corrected chi connectivity index (χ0v) is 18.7. The summed E-state index contributed by atoms with van der Waals surface area (Å²) in [5.41, 5.74) is 3.00. The highest BCUT2D eigenvalue weighted by Gasteiger charge is 2.43. The number of imide groups is 1. The zero-order chi connectivity index (χ0) is 23.4. The molecule has 33 heavy (non-hydrogen) atoms. The summed E-state index contributed by atoms with van der Waals surface area (Å²) >= 11 is 5.90. The molecule has 1 atom stereocenters. The first-order valence-corrected chi connectivity index (χ1v) is 10.9. The largest absolute Gasteiger partial charge is 0.464 e. The minimum Gasteiger partial charge on any atom is -0.464 e. The normalized spacial score (nSPS) is 13.9. The van der Waals surface area contributed by atoms with E-state index in [2.05, 4.69) is 4.99 Å². The molecule has 1 aliphatic rings. The van der Waals surface area contributed by atoms with E-state index >= 15 is 0 Å². The van der Waals surface area contributed by atoms with Crippen LogP contribution in [-0.2, 0) is 16.0 Å². The average molecular weight is 461 g/mol. The van der Waals surface area contributed by atoms with Crippen molar-refractivity contribution in [3.8, 4) is 0 Å². The van der Waals surface area contributed by atoms with Crippen LogP contribution >= 0.6 is 11.6 Å². The Balaban J connectivity index is 1.54. The standard InChI is InChI=1S/C26H21ClN2O4/c1-2-33-26(32)23(29-24(30)21-5-3-4-6-22(21)25(29)31)15-17-9-13-20(14-10-17)28-16-18-7-11-19(27)12-8-18/h3-14,16,23H,2,15H2,1H3. The van der Waals surface area contributed by atoms with Crippen molar-refractivity contribution in [1.82, 2.24) is 4.90 Å². The Morgan fingerprint density at radius 1 is 0.970 bits per heavy atom. The Bertz CT molecular complexity index is 1180. The van der Waals surface area contributed by atoms with Crippen LogP contribution in [0.2, 0.25) is 5.02 Å². The van der Waals surface area contributed by atoms with Crippen LogP contribution in [0.25, 0.3) is 0 Å². The van der Waals surface area contributed by atoms with Gasteiger partial charge in [-0.2, -0.15) is 0 Å². The summed E-state index contributed by atoms with van der Waals surface area (Å²) in [7, 11) is 0. The number of carbonyl (C=O) groups is 3. The van der Waals surface area contributed by atoms with E-state index in [9.17, 15) is 14.4 Å². The molecule has 0 N–H and O–H groups in total. The number of benzene rings is 3. The van der Waals surface area contributed by atoms with Gasteiger partial charge in [-0.25, -0.2) is 4.79 Å². The molecule has 0 saturated carbocycles. The fourth-order valence-electron chi connectivity index (χ4n) is 3.65. The van der Waals surface area contributed by atoms with Crippen LogP contribution in [0.3, 0.4) is 0 Å². The van der Waals surface area contributed by atoms with Gasteiger partial charge in [0.1, 0.15) is 6.04 Å². The van der Waals surface area contributed by atoms with Crippen LogP contribution in [-0.4, -0.2) is 41.5 Å². The molecular formula is C26H21ClN2O4. The van der Waals surface area contributed by atoms with Crippen LogP contribution in [0.1, 0.15) is 38.8 Å². The molecular weight excluding hydrogens is 440 g/mol. The highest BCUT2D eigenvalue weighted by Crippen LogP contribution is 2.27. The molecule has 7 heteroatoms. The quantitative estimate of drug-likeness (QED) is 0.286. The van der Waals surface area contributed by atoms with Crippen molar-refractivity contribution in [2.24, 2.45) is 4.99 Å². The van der Waals surface area contributed by atoms with Crippen molar-refractivity contribution < 1.29 is 19.1 Å². The Labute approximate surface area is 196 Å². The first-order valence-electron chi connectivity index (χ1n) is 10.5. The Morgan fingerprint density at radius 2 is 1.58 bits per heavy atom. The minimum absolute atomic E-state index is 0.144. The van der Waals surface area contributed by atoms with Crippen molar-refractivity contribution in [3.05, 3.63) is 100 Å². The fraction of sp³-hybridized carbons (Fsp3) is 0.154. The van der Waals surface area contributed by atoms with Crippen molar-refractivity contribution in [2.75, 3.05) is 6.61 Å². The number of hydrogen-bond donors (Lipinski definition) is 0. The van der Waals surface area contributed by atoms with E-state index in [0.717, 1.165) is 21.7 Å². The molecule has 4 rings (SSSR count). The Morgan fingerprint density at radius 3 is 2.15 bits per heavy atom. The van der Waals surface area contributed by atoms with Crippen molar-refractivity contribution in [1.29, 1.82) is 0 Å². The lowest BCUT2D eigenvalue weighted by molar-refractivity contribution is -0.147. The lowest BCUT2D eigenvalue weighted by atomic mass is 10.0. The number of ether oxygens (including phenoxy) is 1. The number of rotatable bonds is 7. The lowest BCUT2D eigenvalue weighted by Gasteiger charge is -2.24. The van der Waals surface area contributed by atoms with Gasteiger partial charge in [-0.1, -0.05) is 48.0 Å². The second-order valence-corrected chi connectivity index (χ2v) is 7.91. The Hall–Kier alpha value is -3.77.